The van der Waals surface area contributed by atoms with Crippen LogP contribution in [0.3, 0.4) is 0 Å². The third-order valence-electron chi connectivity index (χ3n) is 5.06. The molecule has 4 rings (SSSR count). The second-order valence-electron chi connectivity index (χ2n) is 7.10. The summed E-state index contributed by atoms with van der Waals surface area (Å²) in [6, 6.07) is 13.3. The highest BCUT2D eigenvalue weighted by Crippen LogP contribution is 2.25. The van der Waals surface area contributed by atoms with Crippen LogP contribution in [0.25, 0.3) is 0 Å². The molecule has 1 aliphatic heterocycles. The molecule has 0 atom stereocenters. The Kier molecular flexibility index (Phi) is 6.63. The fourth-order valence-corrected chi connectivity index (χ4v) is 5.15. The van der Waals surface area contributed by atoms with E-state index in [1.807, 2.05) is 0 Å². The first-order valence-electron chi connectivity index (χ1n) is 9.72. The van der Waals surface area contributed by atoms with Crippen molar-refractivity contribution in [2.24, 2.45) is 0 Å². The first-order chi connectivity index (χ1) is 15.3. The van der Waals surface area contributed by atoms with E-state index in [1.54, 1.807) is 47.4 Å². The zero-order chi connectivity index (χ0) is 22.7. The predicted molar refractivity (Wildman–Crippen MR) is 127 cm³/mol. The van der Waals surface area contributed by atoms with Crippen LogP contribution in [-0.2, 0) is 10.0 Å². The molecule has 2 heterocycles. The SMILES string of the molecule is O=C(c1ccc(Br)cc1Cl)N1CCN(c2ccc(S(=O)(=O)Nc3ccncn3)cc2)CC1. The van der Waals surface area contributed by atoms with Crippen molar-refractivity contribution < 1.29 is 13.2 Å². The summed E-state index contributed by atoms with van der Waals surface area (Å²) in [5.74, 6) is 0.107. The third-order valence-corrected chi connectivity index (χ3v) is 7.24. The molecule has 0 unspecified atom stereocenters. The number of sulfonamides is 1. The van der Waals surface area contributed by atoms with Gasteiger partial charge in [-0.15, -0.1) is 0 Å². The van der Waals surface area contributed by atoms with Gasteiger partial charge in [0.25, 0.3) is 15.9 Å². The van der Waals surface area contributed by atoms with E-state index in [1.165, 1.54) is 18.6 Å². The molecule has 1 aliphatic rings. The van der Waals surface area contributed by atoms with Crippen LogP contribution < -0.4 is 9.62 Å². The van der Waals surface area contributed by atoms with E-state index < -0.39 is 10.0 Å². The maximum atomic E-state index is 12.8. The van der Waals surface area contributed by atoms with Crippen molar-refractivity contribution in [2.45, 2.75) is 4.90 Å². The van der Waals surface area contributed by atoms with Crippen LogP contribution in [0.15, 0.2) is 70.4 Å². The first kappa shape index (κ1) is 22.5. The lowest BCUT2D eigenvalue weighted by Gasteiger charge is -2.36. The number of anilines is 2. The summed E-state index contributed by atoms with van der Waals surface area (Å²) in [4.78, 5) is 24.5. The number of amides is 1. The average Bonchev–Trinajstić information content (AvgIpc) is 2.79. The third kappa shape index (κ3) is 5.03. The van der Waals surface area contributed by atoms with Gasteiger partial charge in [0, 0.05) is 42.5 Å². The molecule has 0 spiro atoms. The van der Waals surface area contributed by atoms with E-state index in [2.05, 4.69) is 35.5 Å². The number of aromatic nitrogens is 2. The fraction of sp³-hybridized carbons (Fsp3) is 0.190. The summed E-state index contributed by atoms with van der Waals surface area (Å²) < 4.78 is 28.3. The minimum absolute atomic E-state index is 0.0978. The smallest absolute Gasteiger partial charge is 0.263 e. The maximum Gasteiger partial charge on any atom is 0.263 e. The monoisotopic (exact) mass is 535 g/mol. The maximum absolute atomic E-state index is 12.8. The summed E-state index contributed by atoms with van der Waals surface area (Å²) >= 11 is 9.57. The lowest BCUT2D eigenvalue weighted by molar-refractivity contribution is 0.0747. The Morgan fingerprint density at radius 3 is 2.38 bits per heavy atom. The van der Waals surface area contributed by atoms with E-state index >= 15 is 0 Å². The molecule has 0 bridgehead atoms. The van der Waals surface area contributed by atoms with Crippen LogP contribution in [-0.4, -0.2) is 55.4 Å². The van der Waals surface area contributed by atoms with Gasteiger partial charge in [0.2, 0.25) is 0 Å². The standard InChI is InChI=1S/C21H19BrClN5O3S/c22-15-1-6-18(19(23)13-15)21(29)28-11-9-27(10-12-28)16-2-4-17(5-3-16)32(30,31)26-20-7-8-24-14-25-20/h1-8,13-14H,9-12H2,(H,24,25,26). The van der Waals surface area contributed by atoms with E-state index in [9.17, 15) is 13.2 Å². The number of carbonyl (C=O) groups excluding carboxylic acids is 1. The second-order valence-corrected chi connectivity index (χ2v) is 10.1. The van der Waals surface area contributed by atoms with Gasteiger partial charge in [-0.2, -0.15) is 0 Å². The Morgan fingerprint density at radius 2 is 1.75 bits per heavy atom. The van der Waals surface area contributed by atoms with Crippen molar-refractivity contribution in [3.05, 3.63) is 76.1 Å². The zero-order valence-electron chi connectivity index (χ0n) is 16.8. The molecule has 32 heavy (non-hydrogen) atoms. The molecule has 8 nitrogen and oxygen atoms in total. The Hall–Kier alpha value is -2.69. The van der Waals surface area contributed by atoms with Crippen LogP contribution in [0, 0.1) is 0 Å². The number of nitrogens with one attached hydrogen (secondary N) is 1. The summed E-state index contributed by atoms with van der Waals surface area (Å²) in [6.07, 6.45) is 2.74. The van der Waals surface area contributed by atoms with Crippen molar-refractivity contribution in [2.75, 3.05) is 35.8 Å². The van der Waals surface area contributed by atoms with Crippen LogP contribution in [0.5, 0.6) is 0 Å². The largest absolute Gasteiger partial charge is 0.368 e. The molecule has 1 N–H and O–H groups in total. The normalized spacial score (nSPS) is 14.3. The topological polar surface area (TPSA) is 95.5 Å². The van der Waals surface area contributed by atoms with Gasteiger partial charge in [-0.25, -0.2) is 18.4 Å². The summed E-state index contributed by atoms with van der Waals surface area (Å²) in [6.45, 7) is 2.34. The molecule has 0 saturated carbocycles. The minimum Gasteiger partial charge on any atom is -0.368 e. The van der Waals surface area contributed by atoms with Crippen LogP contribution in [0.1, 0.15) is 10.4 Å². The minimum atomic E-state index is -3.75. The second kappa shape index (κ2) is 9.43. The van der Waals surface area contributed by atoms with E-state index in [0.717, 1.165) is 10.2 Å². The summed E-state index contributed by atoms with van der Waals surface area (Å²) in [5, 5.41) is 0.416. The molecular formula is C21H19BrClN5O3S. The summed E-state index contributed by atoms with van der Waals surface area (Å²) in [5.41, 5.74) is 1.37. The van der Waals surface area contributed by atoms with Gasteiger partial charge in [-0.05, 0) is 48.5 Å². The quantitative estimate of drug-likeness (QED) is 0.535. The molecule has 3 aromatic rings. The molecular weight excluding hydrogens is 518 g/mol. The highest BCUT2D eigenvalue weighted by atomic mass is 79.9. The van der Waals surface area contributed by atoms with Crippen molar-refractivity contribution in [3.8, 4) is 0 Å². The molecule has 166 valence electrons. The van der Waals surface area contributed by atoms with Crippen LogP contribution in [0.4, 0.5) is 11.5 Å². The number of rotatable bonds is 5. The number of benzene rings is 2. The lowest BCUT2D eigenvalue weighted by atomic mass is 10.1. The van der Waals surface area contributed by atoms with Crippen LogP contribution >= 0.6 is 27.5 Å². The highest BCUT2D eigenvalue weighted by Gasteiger charge is 2.24. The number of nitrogens with zero attached hydrogens (tertiary/aromatic N) is 4. The van der Waals surface area contributed by atoms with Crippen molar-refractivity contribution in [1.29, 1.82) is 0 Å². The van der Waals surface area contributed by atoms with Gasteiger partial charge >= 0.3 is 0 Å². The van der Waals surface area contributed by atoms with Gasteiger partial charge in [0.05, 0.1) is 15.5 Å². The summed E-state index contributed by atoms with van der Waals surface area (Å²) in [7, 11) is -3.75. The lowest BCUT2D eigenvalue weighted by Crippen LogP contribution is -2.48. The molecule has 1 saturated heterocycles. The van der Waals surface area contributed by atoms with Gasteiger partial charge in [0.15, 0.2) is 0 Å². The molecule has 11 heteroatoms. The Labute approximate surface area is 199 Å². The first-order valence-corrected chi connectivity index (χ1v) is 12.4. The van der Waals surface area contributed by atoms with Gasteiger partial charge in [-0.1, -0.05) is 27.5 Å². The number of carbonyl (C=O) groups is 1. The van der Waals surface area contributed by atoms with Crippen molar-refractivity contribution in [1.82, 2.24) is 14.9 Å². The average molecular weight is 537 g/mol. The van der Waals surface area contributed by atoms with Crippen LogP contribution in [0.2, 0.25) is 5.02 Å². The fourth-order valence-electron chi connectivity index (χ4n) is 3.38. The molecule has 1 amide bonds. The molecule has 1 fully saturated rings. The van der Waals surface area contributed by atoms with E-state index in [4.69, 9.17) is 11.6 Å². The predicted octanol–water partition coefficient (Wildman–Crippen LogP) is 3.66. The van der Waals surface area contributed by atoms with E-state index in [0.29, 0.717) is 36.8 Å². The van der Waals surface area contributed by atoms with Gasteiger partial charge in [0.1, 0.15) is 12.1 Å². The van der Waals surface area contributed by atoms with E-state index in [-0.39, 0.29) is 16.6 Å². The molecule has 0 aliphatic carbocycles. The number of piperazine rings is 1. The Balaban J connectivity index is 1.39. The molecule has 2 aromatic carbocycles. The van der Waals surface area contributed by atoms with Gasteiger partial charge in [-0.3, -0.25) is 9.52 Å². The molecule has 0 radical (unpaired) electrons. The van der Waals surface area contributed by atoms with Crippen molar-refractivity contribution >= 4 is 55.0 Å². The van der Waals surface area contributed by atoms with Gasteiger partial charge < -0.3 is 9.80 Å². The Bertz CT molecular complexity index is 1220. The Morgan fingerprint density at radius 1 is 1.03 bits per heavy atom. The number of halogens is 2. The zero-order valence-corrected chi connectivity index (χ0v) is 19.9. The number of hydrogen-bond acceptors (Lipinski definition) is 6. The number of hydrogen-bond donors (Lipinski definition) is 1. The van der Waals surface area contributed by atoms with Crippen molar-refractivity contribution in [3.63, 3.8) is 0 Å². The molecule has 1 aromatic heterocycles. The highest BCUT2D eigenvalue weighted by molar-refractivity contribution is 9.10.